The monoisotopic (exact) mass is 499 g/mol. The topological polar surface area (TPSA) is 112 Å². The highest BCUT2D eigenvalue weighted by molar-refractivity contribution is 5.88. The number of benzene rings is 2. The van der Waals surface area contributed by atoms with Crippen molar-refractivity contribution in [3.8, 4) is 17.0 Å². The number of pyridine rings is 1. The summed E-state index contributed by atoms with van der Waals surface area (Å²) in [5.74, 6) is -0.167. The first-order valence-electron chi connectivity index (χ1n) is 11.2. The van der Waals surface area contributed by atoms with Gasteiger partial charge >= 0.3 is 12.2 Å². The van der Waals surface area contributed by atoms with Crippen molar-refractivity contribution in [1.82, 2.24) is 14.8 Å². The number of fused-ring (bicyclic) bond motifs is 1. The zero-order valence-electron chi connectivity index (χ0n) is 21.1. The molecule has 0 bridgehead atoms. The second-order valence-corrected chi connectivity index (χ2v) is 9.43. The number of aromatic nitrogens is 1. The Morgan fingerprint density at radius 3 is 2.42 bits per heavy atom. The molecule has 2 aromatic carbocycles. The van der Waals surface area contributed by atoms with Crippen LogP contribution in [0.25, 0.3) is 22.2 Å². The number of carbonyl (C=O) groups is 2. The maximum Gasteiger partial charge on any atom is 0.410 e. The normalized spacial score (nSPS) is 12.2. The molecule has 0 radical (unpaired) electrons. The Morgan fingerprint density at radius 1 is 1.14 bits per heavy atom. The first-order valence-corrected chi connectivity index (χ1v) is 11.2. The van der Waals surface area contributed by atoms with Crippen LogP contribution in [0, 0.1) is 5.82 Å². The minimum Gasteiger partial charge on any atom is -0.496 e. The van der Waals surface area contributed by atoms with E-state index in [-0.39, 0.29) is 17.7 Å². The summed E-state index contributed by atoms with van der Waals surface area (Å²) in [7, 11) is 4.25. The number of hydrogen-bond acceptors (Lipinski definition) is 5. The van der Waals surface area contributed by atoms with Crippen molar-refractivity contribution in [2.45, 2.75) is 32.4 Å². The number of amides is 2. The molecule has 10 heteroatoms. The average molecular weight is 500 g/mol. The summed E-state index contributed by atoms with van der Waals surface area (Å²) < 4.78 is 24.7. The van der Waals surface area contributed by atoms with Crippen LogP contribution >= 0.6 is 0 Å². The number of nitrogens with one attached hydrogen (secondary N) is 1. The molecule has 3 rings (SSSR count). The van der Waals surface area contributed by atoms with Crippen LogP contribution in [0.4, 0.5) is 14.0 Å². The van der Waals surface area contributed by atoms with Crippen molar-refractivity contribution in [2.24, 2.45) is 0 Å². The number of rotatable bonds is 6. The Kier molecular flexibility index (Phi) is 7.57. The van der Waals surface area contributed by atoms with Crippen molar-refractivity contribution < 1.29 is 28.6 Å². The Bertz CT molecular complexity index is 1350. The molecule has 1 aromatic heterocycles. The lowest BCUT2D eigenvalue weighted by Gasteiger charge is -2.32. The number of hydrogen-bond donors (Lipinski definition) is 2. The molecule has 36 heavy (non-hydrogen) atoms. The lowest BCUT2D eigenvalue weighted by Crippen LogP contribution is -2.42. The summed E-state index contributed by atoms with van der Waals surface area (Å²) in [5.41, 5.74) is 0.415. The summed E-state index contributed by atoms with van der Waals surface area (Å²) in [5, 5.41) is 10.0. The van der Waals surface area contributed by atoms with Crippen molar-refractivity contribution >= 4 is 23.1 Å². The van der Waals surface area contributed by atoms with Gasteiger partial charge in [0.05, 0.1) is 24.1 Å². The first-order chi connectivity index (χ1) is 16.8. The summed E-state index contributed by atoms with van der Waals surface area (Å²) in [6.07, 6.45) is -1.91. The zero-order valence-corrected chi connectivity index (χ0v) is 21.1. The van der Waals surface area contributed by atoms with Crippen molar-refractivity contribution in [3.05, 3.63) is 64.1 Å². The minimum absolute atomic E-state index is 0.113. The van der Waals surface area contributed by atoms with Crippen molar-refractivity contribution in [3.63, 3.8) is 0 Å². The highest BCUT2D eigenvalue weighted by atomic mass is 19.1. The second kappa shape index (κ2) is 10.3. The number of nitrogens with zero attached hydrogens (tertiary/aromatic N) is 2. The molecular weight excluding hydrogens is 469 g/mol. The van der Waals surface area contributed by atoms with Gasteiger partial charge < -0.3 is 29.4 Å². The van der Waals surface area contributed by atoms with Crippen LogP contribution in [-0.2, 0) is 4.74 Å². The van der Waals surface area contributed by atoms with Gasteiger partial charge in [-0.05, 0) is 45.0 Å². The number of methoxy groups -OCH3 is 1. The van der Waals surface area contributed by atoms with Crippen LogP contribution < -0.4 is 10.2 Å². The van der Waals surface area contributed by atoms with Gasteiger partial charge in [-0.25, -0.2) is 14.0 Å². The number of H-pyrrole nitrogens is 1. The molecular formula is C26H30FN3O6. The van der Waals surface area contributed by atoms with Gasteiger partial charge in [0, 0.05) is 43.5 Å². The van der Waals surface area contributed by atoms with E-state index in [0.717, 1.165) is 4.90 Å². The molecule has 1 heterocycles. The average Bonchev–Trinajstić information content (AvgIpc) is 2.80. The SMILES string of the molecule is COc1ccc2[nH]c(-c3cccc(F)c3)cc(=O)c2c1C(CN(C)C(=O)OC(C)(C)C)N(C)C(=O)O. The van der Waals surface area contributed by atoms with E-state index in [1.807, 2.05) is 0 Å². The highest BCUT2D eigenvalue weighted by Crippen LogP contribution is 2.35. The summed E-state index contributed by atoms with van der Waals surface area (Å²) >= 11 is 0. The van der Waals surface area contributed by atoms with Crippen molar-refractivity contribution in [1.29, 1.82) is 0 Å². The predicted octanol–water partition coefficient (Wildman–Crippen LogP) is 4.86. The molecule has 0 saturated heterocycles. The van der Waals surface area contributed by atoms with Gasteiger partial charge in [0.1, 0.15) is 17.2 Å². The molecule has 9 nitrogen and oxygen atoms in total. The molecule has 0 aliphatic carbocycles. The molecule has 1 unspecified atom stereocenters. The van der Waals surface area contributed by atoms with E-state index in [0.29, 0.717) is 22.3 Å². The zero-order chi connectivity index (χ0) is 26.8. The largest absolute Gasteiger partial charge is 0.496 e. The number of halogens is 1. The maximum atomic E-state index is 13.8. The fraction of sp³-hybridized carbons (Fsp3) is 0.346. The van der Waals surface area contributed by atoms with Crippen LogP contribution in [0.3, 0.4) is 0 Å². The Morgan fingerprint density at radius 2 is 1.83 bits per heavy atom. The standard InChI is InChI=1S/C26H30FN3O6/c1-26(2,3)36-25(34)29(4)14-19(30(5)24(32)33)23-21(35-6)11-10-17-22(23)20(31)13-18(28-17)15-8-7-9-16(27)12-15/h7-13,19H,14H2,1-6H3,(H,28,31)(H,32,33). The molecule has 3 aromatic rings. The Balaban J connectivity index is 2.19. The third-order valence-electron chi connectivity index (χ3n) is 5.61. The van der Waals surface area contributed by atoms with Gasteiger partial charge in [-0.3, -0.25) is 4.79 Å². The number of carbonyl (C=O) groups excluding carboxylic acids is 1. The third-order valence-corrected chi connectivity index (χ3v) is 5.61. The molecule has 192 valence electrons. The molecule has 0 aliphatic heterocycles. The van der Waals surface area contributed by atoms with E-state index < -0.39 is 35.1 Å². The van der Waals surface area contributed by atoms with Gasteiger partial charge in [0.15, 0.2) is 5.43 Å². The Hall–Kier alpha value is -4.08. The van der Waals surface area contributed by atoms with Crippen LogP contribution in [0.15, 0.2) is 47.3 Å². The van der Waals surface area contributed by atoms with Gasteiger partial charge in [-0.15, -0.1) is 0 Å². The van der Waals surface area contributed by atoms with E-state index in [9.17, 15) is 23.9 Å². The summed E-state index contributed by atoms with van der Waals surface area (Å²) in [6.45, 7) is 5.06. The molecule has 2 N–H and O–H groups in total. The summed E-state index contributed by atoms with van der Waals surface area (Å²) in [6, 6.07) is 9.42. The molecule has 1 atom stereocenters. The molecule has 2 amide bonds. The van der Waals surface area contributed by atoms with E-state index in [1.165, 1.54) is 50.4 Å². The number of ether oxygens (including phenoxy) is 2. The van der Waals surface area contributed by atoms with E-state index in [4.69, 9.17) is 9.47 Å². The minimum atomic E-state index is -1.26. The van der Waals surface area contributed by atoms with Gasteiger partial charge in [0.25, 0.3) is 0 Å². The van der Waals surface area contributed by atoms with Crippen molar-refractivity contribution in [2.75, 3.05) is 27.7 Å². The predicted molar refractivity (Wildman–Crippen MR) is 134 cm³/mol. The van der Waals surface area contributed by atoms with Gasteiger partial charge in [-0.1, -0.05) is 12.1 Å². The summed E-state index contributed by atoms with van der Waals surface area (Å²) in [4.78, 5) is 43.5. The molecule has 0 saturated carbocycles. The van der Waals surface area contributed by atoms with E-state index >= 15 is 0 Å². The number of likely N-dealkylation sites (N-methyl/N-ethyl adjacent to an activating group) is 2. The smallest absolute Gasteiger partial charge is 0.410 e. The van der Waals surface area contributed by atoms with E-state index in [1.54, 1.807) is 39.0 Å². The number of carboxylic acid groups (broad SMARTS) is 1. The molecule has 0 fully saturated rings. The fourth-order valence-corrected chi connectivity index (χ4v) is 3.89. The number of aromatic amines is 1. The third kappa shape index (κ3) is 5.76. The van der Waals surface area contributed by atoms with Crippen LogP contribution in [-0.4, -0.2) is 65.4 Å². The fourth-order valence-electron chi connectivity index (χ4n) is 3.89. The van der Waals surface area contributed by atoms with E-state index in [2.05, 4.69) is 4.98 Å². The lowest BCUT2D eigenvalue weighted by molar-refractivity contribution is 0.0251. The second-order valence-electron chi connectivity index (χ2n) is 9.43. The molecule has 0 aliphatic rings. The molecule has 0 spiro atoms. The quantitative estimate of drug-likeness (QED) is 0.501. The van der Waals surface area contributed by atoms with Crippen LogP contribution in [0.1, 0.15) is 32.4 Å². The highest BCUT2D eigenvalue weighted by Gasteiger charge is 2.31. The van der Waals surface area contributed by atoms with Gasteiger partial charge in [-0.2, -0.15) is 0 Å². The maximum absolute atomic E-state index is 13.8. The van der Waals surface area contributed by atoms with Crippen LogP contribution in [0.2, 0.25) is 0 Å². The van der Waals surface area contributed by atoms with Gasteiger partial charge in [0.2, 0.25) is 0 Å². The van der Waals surface area contributed by atoms with Crippen LogP contribution in [0.5, 0.6) is 5.75 Å². The lowest BCUT2D eigenvalue weighted by atomic mass is 9.97. The first kappa shape index (κ1) is 26.5. The Labute approximate surface area is 208 Å².